The van der Waals surface area contributed by atoms with E-state index >= 15 is 0 Å². The van der Waals surface area contributed by atoms with Crippen LogP contribution in [-0.2, 0) is 6.54 Å². The van der Waals surface area contributed by atoms with Crippen LogP contribution in [0.2, 0.25) is 0 Å². The van der Waals surface area contributed by atoms with Crippen LogP contribution in [0, 0.1) is 5.82 Å². The monoisotopic (exact) mass is 379 g/mol. The first-order valence-corrected chi connectivity index (χ1v) is 8.72. The number of aliphatic hydroxyl groups excluding tert-OH is 1. The second-order valence-corrected chi connectivity index (χ2v) is 6.41. The van der Waals surface area contributed by atoms with E-state index in [0.29, 0.717) is 28.1 Å². The molecule has 1 N–H and O–H groups in total. The molecule has 0 amide bonds. The third-order valence-corrected chi connectivity index (χ3v) is 4.59. The number of nitrogens with zero attached hydrogens (tertiary/aromatic N) is 3. The van der Waals surface area contributed by atoms with Gasteiger partial charge in [0.2, 0.25) is 0 Å². The zero-order valence-electron chi connectivity index (χ0n) is 15.1. The fourth-order valence-electron chi connectivity index (χ4n) is 3.07. The Kier molecular flexibility index (Phi) is 4.67. The van der Waals surface area contributed by atoms with E-state index < -0.39 is 6.10 Å². The number of aromatic nitrogens is 3. The van der Waals surface area contributed by atoms with Crippen LogP contribution in [0.1, 0.15) is 11.7 Å². The van der Waals surface area contributed by atoms with Gasteiger partial charge in [0.1, 0.15) is 17.1 Å². The lowest BCUT2D eigenvalue weighted by atomic mass is 10.1. The van der Waals surface area contributed by atoms with Gasteiger partial charge in [0, 0.05) is 18.0 Å². The van der Waals surface area contributed by atoms with Gasteiger partial charge in [0.25, 0.3) is 5.56 Å². The van der Waals surface area contributed by atoms with Crippen LogP contribution in [-0.4, -0.2) is 26.4 Å². The van der Waals surface area contributed by atoms with Crippen LogP contribution in [0.15, 0.2) is 71.8 Å². The molecular formula is C21H18FN3O3. The molecule has 0 saturated heterocycles. The molecule has 0 radical (unpaired) electrons. The molecule has 2 aromatic heterocycles. The minimum absolute atomic E-state index is 0.0968. The van der Waals surface area contributed by atoms with Gasteiger partial charge in [-0.05, 0) is 48.0 Å². The summed E-state index contributed by atoms with van der Waals surface area (Å²) in [6, 6.07) is 14.7. The number of hydrogen-bond acceptors (Lipinski definition) is 4. The minimum Gasteiger partial charge on any atom is -0.497 e. The first-order chi connectivity index (χ1) is 13.5. The molecule has 1 atom stereocenters. The van der Waals surface area contributed by atoms with Gasteiger partial charge in [-0.25, -0.2) is 8.91 Å². The maximum Gasteiger partial charge on any atom is 0.276 e. The fraction of sp³-hybridized carbons (Fsp3) is 0.143. The molecule has 0 aliphatic carbocycles. The molecule has 28 heavy (non-hydrogen) atoms. The van der Waals surface area contributed by atoms with E-state index in [-0.39, 0.29) is 17.9 Å². The van der Waals surface area contributed by atoms with Crippen LogP contribution in [0.5, 0.6) is 5.75 Å². The number of ether oxygens (including phenoxy) is 1. The summed E-state index contributed by atoms with van der Waals surface area (Å²) in [7, 11) is 1.56. The van der Waals surface area contributed by atoms with Crippen LogP contribution in [0.25, 0.3) is 16.8 Å². The van der Waals surface area contributed by atoms with Gasteiger partial charge in [0.15, 0.2) is 0 Å². The molecule has 0 aliphatic heterocycles. The number of halogens is 1. The molecule has 7 heteroatoms. The summed E-state index contributed by atoms with van der Waals surface area (Å²) in [4.78, 5) is 12.8. The van der Waals surface area contributed by atoms with Gasteiger partial charge in [-0.1, -0.05) is 12.1 Å². The third-order valence-electron chi connectivity index (χ3n) is 4.59. The lowest BCUT2D eigenvalue weighted by molar-refractivity contribution is 0.155. The van der Waals surface area contributed by atoms with E-state index in [0.717, 1.165) is 0 Å². The van der Waals surface area contributed by atoms with E-state index in [2.05, 4.69) is 5.10 Å². The van der Waals surface area contributed by atoms with E-state index in [4.69, 9.17) is 4.74 Å². The molecule has 0 saturated carbocycles. The van der Waals surface area contributed by atoms with Gasteiger partial charge in [-0.15, -0.1) is 0 Å². The summed E-state index contributed by atoms with van der Waals surface area (Å²) in [6.45, 7) is 0.0968. The smallest absolute Gasteiger partial charge is 0.276 e. The lowest BCUT2D eigenvalue weighted by Gasteiger charge is -2.14. The summed E-state index contributed by atoms with van der Waals surface area (Å²) in [5, 5.41) is 14.9. The van der Waals surface area contributed by atoms with Crippen molar-refractivity contribution in [1.82, 2.24) is 14.2 Å². The van der Waals surface area contributed by atoms with Crippen LogP contribution in [0.3, 0.4) is 0 Å². The highest BCUT2D eigenvalue weighted by atomic mass is 19.1. The van der Waals surface area contributed by atoms with Gasteiger partial charge in [-0.2, -0.15) is 5.10 Å². The Balaban J connectivity index is 1.65. The molecule has 4 rings (SSSR count). The fourth-order valence-corrected chi connectivity index (χ4v) is 3.07. The Morgan fingerprint density at radius 1 is 1.14 bits per heavy atom. The number of benzene rings is 2. The SMILES string of the molecule is COc1cccc([C@H](O)Cn2ccn3nc(-c4ccc(F)cc4)cc3c2=O)c1. The Hall–Kier alpha value is -3.45. The second-order valence-electron chi connectivity index (χ2n) is 6.41. The predicted molar refractivity (Wildman–Crippen MR) is 103 cm³/mol. The highest BCUT2D eigenvalue weighted by Gasteiger charge is 2.13. The van der Waals surface area contributed by atoms with Crippen molar-refractivity contribution >= 4 is 5.52 Å². The van der Waals surface area contributed by atoms with Crippen LogP contribution in [0.4, 0.5) is 4.39 Å². The molecule has 142 valence electrons. The average molecular weight is 379 g/mol. The predicted octanol–water partition coefficient (Wildman–Crippen LogP) is 3.04. The molecule has 0 spiro atoms. The topological polar surface area (TPSA) is 68.8 Å². The highest BCUT2D eigenvalue weighted by Crippen LogP contribution is 2.21. The molecule has 0 unspecified atom stereocenters. The summed E-state index contributed by atoms with van der Waals surface area (Å²) < 4.78 is 21.2. The van der Waals surface area contributed by atoms with Crippen molar-refractivity contribution in [3.8, 4) is 17.0 Å². The van der Waals surface area contributed by atoms with Crippen LogP contribution < -0.4 is 10.3 Å². The maximum atomic E-state index is 13.1. The highest BCUT2D eigenvalue weighted by molar-refractivity contribution is 5.65. The van der Waals surface area contributed by atoms with Crippen molar-refractivity contribution in [2.45, 2.75) is 12.6 Å². The molecule has 2 heterocycles. The van der Waals surface area contributed by atoms with Crippen molar-refractivity contribution in [1.29, 1.82) is 0 Å². The number of aliphatic hydroxyl groups is 1. The summed E-state index contributed by atoms with van der Waals surface area (Å²) in [5.41, 5.74) is 2.05. The molecule has 6 nitrogen and oxygen atoms in total. The number of fused-ring (bicyclic) bond motifs is 1. The quantitative estimate of drug-likeness (QED) is 0.579. The van der Waals surface area contributed by atoms with Gasteiger partial charge in [0.05, 0.1) is 25.5 Å². The molecule has 0 bridgehead atoms. The van der Waals surface area contributed by atoms with Crippen molar-refractivity contribution in [2.75, 3.05) is 7.11 Å². The first-order valence-electron chi connectivity index (χ1n) is 8.72. The van der Waals surface area contributed by atoms with Gasteiger partial charge >= 0.3 is 0 Å². The maximum absolute atomic E-state index is 13.1. The van der Waals surface area contributed by atoms with Crippen LogP contribution >= 0.6 is 0 Å². The minimum atomic E-state index is -0.866. The van der Waals surface area contributed by atoms with Gasteiger partial charge < -0.3 is 14.4 Å². The van der Waals surface area contributed by atoms with Gasteiger partial charge in [-0.3, -0.25) is 4.79 Å². The number of methoxy groups -OCH3 is 1. The normalized spacial score (nSPS) is 12.2. The van der Waals surface area contributed by atoms with Crippen molar-refractivity contribution in [2.24, 2.45) is 0 Å². The van der Waals surface area contributed by atoms with E-state index in [9.17, 15) is 14.3 Å². The summed E-state index contributed by atoms with van der Waals surface area (Å²) in [5.74, 6) is 0.306. The third kappa shape index (κ3) is 3.39. The van der Waals surface area contributed by atoms with E-state index in [1.54, 1.807) is 62.0 Å². The Labute approximate surface area is 160 Å². The largest absolute Gasteiger partial charge is 0.497 e. The molecule has 0 aliphatic rings. The Morgan fingerprint density at radius 3 is 2.68 bits per heavy atom. The zero-order valence-corrected chi connectivity index (χ0v) is 15.1. The van der Waals surface area contributed by atoms with Crippen molar-refractivity contribution < 1.29 is 14.2 Å². The average Bonchev–Trinajstić information content (AvgIpc) is 3.16. The first kappa shape index (κ1) is 17.9. The number of rotatable bonds is 5. The molecule has 2 aromatic carbocycles. The molecule has 0 fully saturated rings. The molecular weight excluding hydrogens is 361 g/mol. The van der Waals surface area contributed by atoms with E-state index in [1.165, 1.54) is 21.2 Å². The Bertz CT molecular complexity index is 1180. The lowest BCUT2D eigenvalue weighted by Crippen LogP contribution is -2.24. The summed E-state index contributed by atoms with van der Waals surface area (Å²) >= 11 is 0. The second kappa shape index (κ2) is 7.28. The number of hydrogen-bond donors (Lipinski definition) is 1. The zero-order chi connectivity index (χ0) is 19.7. The van der Waals surface area contributed by atoms with Crippen molar-refractivity contribution in [3.63, 3.8) is 0 Å². The molecule has 4 aromatic rings. The van der Waals surface area contributed by atoms with Crippen molar-refractivity contribution in [3.05, 3.63) is 88.7 Å². The Morgan fingerprint density at radius 2 is 1.93 bits per heavy atom. The summed E-state index contributed by atoms with van der Waals surface area (Å²) in [6.07, 6.45) is 2.37. The standard InChI is InChI=1S/C21H18FN3O3/c1-28-17-4-2-3-15(11-17)20(26)13-24-9-10-25-19(21(24)27)12-18(23-25)14-5-7-16(22)8-6-14/h2-12,20,26H,13H2,1H3/t20-/m1/s1. The van der Waals surface area contributed by atoms with E-state index in [1.807, 2.05) is 0 Å².